The molecule has 2 amide bonds. The normalized spacial score (nSPS) is 11.9. The number of aromatic nitrogens is 1. The minimum absolute atomic E-state index is 0.0148. The molecule has 0 fully saturated rings. The summed E-state index contributed by atoms with van der Waals surface area (Å²) in [5.74, 6) is -0.847. The van der Waals surface area contributed by atoms with Crippen LogP contribution in [0.5, 0.6) is 0 Å². The van der Waals surface area contributed by atoms with Gasteiger partial charge in [-0.05, 0) is 73.5 Å². The predicted octanol–water partition coefficient (Wildman–Crippen LogP) is 4.99. The Balaban J connectivity index is 2.31. The molecule has 0 atom stereocenters. The van der Waals surface area contributed by atoms with Crippen molar-refractivity contribution in [2.24, 2.45) is 11.7 Å². The van der Waals surface area contributed by atoms with E-state index in [-0.39, 0.29) is 18.0 Å². The summed E-state index contributed by atoms with van der Waals surface area (Å²) < 4.78 is 20.8. The van der Waals surface area contributed by atoms with E-state index < -0.39 is 23.4 Å². The zero-order chi connectivity index (χ0) is 26.6. The molecule has 36 heavy (non-hydrogen) atoms. The lowest BCUT2D eigenvalue weighted by atomic mass is 9.94. The van der Waals surface area contributed by atoms with Gasteiger partial charge in [-0.2, -0.15) is 0 Å². The summed E-state index contributed by atoms with van der Waals surface area (Å²) in [5, 5.41) is 3.84. The Kier molecular flexibility index (Phi) is 7.97. The Hall–Kier alpha value is -3.94. The maximum Gasteiger partial charge on any atom is 0.407 e. The molecule has 3 rings (SSSR count). The maximum absolute atomic E-state index is 13.8. The molecular formula is C28H32FN3O4. The molecule has 0 bridgehead atoms. The summed E-state index contributed by atoms with van der Waals surface area (Å²) in [5.41, 5.74) is 6.93. The molecule has 2 aromatic carbocycles. The van der Waals surface area contributed by atoms with Crippen molar-refractivity contribution in [2.45, 2.75) is 53.3 Å². The number of carbonyl (C=O) groups is 2. The number of hydrogen-bond acceptors (Lipinski definition) is 4. The second kappa shape index (κ2) is 10.8. The highest BCUT2D eigenvalue weighted by atomic mass is 19.1. The van der Waals surface area contributed by atoms with Crippen LogP contribution in [0.2, 0.25) is 0 Å². The first-order valence-electron chi connectivity index (χ1n) is 11.8. The van der Waals surface area contributed by atoms with Gasteiger partial charge in [0.05, 0.1) is 6.54 Å². The summed E-state index contributed by atoms with van der Waals surface area (Å²) in [6.45, 7) is 9.72. The van der Waals surface area contributed by atoms with Crippen LogP contribution in [0.25, 0.3) is 28.0 Å². The fraction of sp³-hybridized carbons (Fsp3) is 0.321. The Morgan fingerprint density at radius 3 is 2.36 bits per heavy atom. The SMILES string of the molecule is CC(C)Cn1c(CNC(=O)OC(C)(C)C)c(-c2ccc(F)cc2)c2cc(/C=C/C(N)=O)ccc2c1=O. The van der Waals surface area contributed by atoms with Gasteiger partial charge < -0.3 is 20.4 Å². The lowest BCUT2D eigenvalue weighted by molar-refractivity contribution is -0.113. The van der Waals surface area contributed by atoms with Gasteiger partial charge in [-0.25, -0.2) is 9.18 Å². The van der Waals surface area contributed by atoms with Gasteiger partial charge in [0.1, 0.15) is 11.4 Å². The van der Waals surface area contributed by atoms with E-state index in [1.165, 1.54) is 18.2 Å². The van der Waals surface area contributed by atoms with E-state index in [1.54, 1.807) is 61.7 Å². The van der Waals surface area contributed by atoms with E-state index in [2.05, 4.69) is 5.32 Å². The number of nitrogens with zero attached hydrogens (tertiary/aromatic N) is 1. The highest BCUT2D eigenvalue weighted by Gasteiger charge is 2.21. The standard InChI is InChI=1S/C28H32FN3O4/c1-17(2)16-32-23(15-31-27(35)36-28(3,4)5)25(19-8-10-20(29)11-9-19)22-14-18(7-13-24(30)33)6-12-21(22)26(32)34/h6-14,17H,15-16H2,1-5H3,(H2,30,33)(H,31,35)/b13-7+. The minimum Gasteiger partial charge on any atom is -0.444 e. The summed E-state index contributed by atoms with van der Waals surface area (Å²) in [6.07, 6.45) is 2.19. The van der Waals surface area contributed by atoms with Crippen molar-refractivity contribution in [2.75, 3.05) is 0 Å². The number of alkyl carbamates (subject to hydrolysis) is 1. The van der Waals surface area contributed by atoms with Crippen molar-refractivity contribution >= 4 is 28.8 Å². The van der Waals surface area contributed by atoms with Gasteiger partial charge in [0, 0.05) is 29.3 Å². The Morgan fingerprint density at radius 1 is 1.11 bits per heavy atom. The van der Waals surface area contributed by atoms with Crippen LogP contribution >= 0.6 is 0 Å². The summed E-state index contributed by atoms with van der Waals surface area (Å²) in [4.78, 5) is 37.4. The molecule has 7 nitrogen and oxygen atoms in total. The number of halogens is 1. The van der Waals surface area contributed by atoms with Crippen molar-refractivity contribution < 1.29 is 18.7 Å². The number of rotatable bonds is 7. The molecule has 8 heteroatoms. The monoisotopic (exact) mass is 493 g/mol. The Bertz CT molecular complexity index is 1370. The molecule has 0 aliphatic carbocycles. The number of amides is 2. The predicted molar refractivity (Wildman–Crippen MR) is 140 cm³/mol. The molecule has 0 aliphatic rings. The molecule has 0 radical (unpaired) electrons. The first kappa shape index (κ1) is 26.7. The first-order valence-corrected chi connectivity index (χ1v) is 11.8. The molecular weight excluding hydrogens is 461 g/mol. The van der Waals surface area contributed by atoms with E-state index in [1.807, 2.05) is 13.8 Å². The van der Waals surface area contributed by atoms with Gasteiger partial charge in [0.25, 0.3) is 5.56 Å². The zero-order valence-corrected chi connectivity index (χ0v) is 21.2. The number of nitrogens with two attached hydrogens (primary N) is 1. The third kappa shape index (κ3) is 6.59. The molecule has 190 valence electrons. The summed E-state index contributed by atoms with van der Waals surface area (Å²) in [6, 6.07) is 11.2. The lowest BCUT2D eigenvalue weighted by Crippen LogP contribution is -2.35. The lowest BCUT2D eigenvalue weighted by Gasteiger charge is -2.23. The topological polar surface area (TPSA) is 103 Å². The smallest absolute Gasteiger partial charge is 0.407 e. The van der Waals surface area contributed by atoms with Crippen LogP contribution in [0.3, 0.4) is 0 Å². The van der Waals surface area contributed by atoms with Gasteiger partial charge in [-0.15, -0.1) is 0 Å². The van der Waals surface area contributed by atoms with Crippen LogP contribution in [0.15, 0.2) is 53.3 Å². The average Bonchev–Trinajstić information content (AvgIpc) is 2.77. The quantitative estimate of drug-likeness (QED) is 0.453. The second-order valence-corrected chi connectivity index (χ2v) is 10.0. The average molecular weight is 494 g/mol. The van der Waals surface area contributed by atoms with Gasteiger partial charge in [-0.1, -0.05) is 32.0 Å². The third-order valence-corrected chi connectivity index (χ3v) is 5.32. The van der Waals surface area contributed by atoms with Crippen LogP contribution in [0, 0.1) is 11.7 Å². The zero-order valence-electron chi connectivity index (χ0n) is 21.2. The third-order valence-electron chi connectivity index (χ3n) is 5.32. The number of fused-ring (bicyclic) bond motifs is 1. The molecule has 0 saturated heterocycles. The van der Waals surface area contributed by atoms with Crippen LogP contribution in [-0.4, -0.2) is 22.2 Å². The van der Waals surface area contributed by atoms with Gasteiger partial charge >= 0.3 is 6.09 Å². The van der Waals surface area contributed by atoms with Crippen molar-refractivity contribution in [3.63, 3.8) is 0 Å². The molecule has 1 heterocycles. The van der Waals surface area contributed by atoms with E-state index in [0.717, 1.165) is 0 Å². The van der Waals surface area contributed by atoms with Gasteiger partial charge in [0.15, 0.2) is 0 Å². The first-order chi connectivity index (χ1) is 16.9. The summed E-state index contributed by atoms with van der Waals surface area (Å²) >= 11 is 0. The summed E-state index contributed by atoms with van der Waals surface area (Å²) in [7, 11) is 0. The second-order valence-electron chi connectivity index (χ2n) is 10.0. The number of ether oxygens (including phenoxy) is 1. The fourth-order valence-electron chi connectivity index (χ4n) is 3.95. The number of carbonyl (C=O) groups excluding carboxylic acids is 2. The van der Waals surface area contributed by atoms with E-state index in [4.69, 9.17) is 10.5 Å². The van der Waals surface area contributed by atoms with Crippen molar-refractivity contribution in [3.05, 3.63) is 76.0 Å². The van der Waals surface area contributed by atoms with E-state index in [0.29, 0.717) is 39.7 Å². The van der Waals surface area contributed by atoms with E-state index >= 15 is 0 Å². The van der Waals surface area contributed by atoms with Crippen LogP contribution in [-0.2, 0) is 22.6 Å². The van der Waals surface area contributed by atoms with Crippen LogP contribution < -0.4 is 16.6 Å². The molecule has 3 N–H and O–H groups in total. The number of primary amides is 1. The maximum atomic E-state index is 13.8. The van der Waals surface area contributed by atoms with E-state index in [9.17, 15) is 18.8 Å². The molecule has 0 spiro atoms. The van der Waals surface area contributed by atoms with Gasteiger partial charge in [-0.3, -0.25) is 9.59 Å². The Morgan fingerprint density at radius 2 is 1.78 bits per heavy atom. The van der Waals surface area contributed by atoms with Crippen LogP contribution in [0.4, 0.5) is 9.18 Å². The number of benzene rings is 2. The van der Waals surface area contributed by atoms with Crippen molar-refractivity contribution in [3.8, 4) is 11.1 Å². The van der Waals surface area contributed by atoms with Crippen LogP contribution in [0.1, 0.15) is 45.9 Å². The molecule has 0 unspecified atom stereocenters. The van der Waals surface area contributed by atoms with Crippen molar-refractivity contribution in [1.29, 1.82) is 0 Å². The number of nitrogens with one attached hydrogen (secondary N) is 1. The Labute approximate surface area is 209 Å². The number of pyridine rings is 1. The van der Waals surface area contributed by atoms with Gasteiger partial charge in [0.2, 0.25) is 5.91 Å². The largest absolute Gasteiger partial charge is 0.444 e. The van der Waals surface area contributed by atoms with Crippen molar-refractivity contribution in [1.82, 2.24) is 9.88 Å². The number of hydrogen-bond donors (Lipinski definition) is 2. The molecule has 0 aliphatic heterocycles. The fourth-order valence-corrected chi connectivity index (χ4v) is 3.95. The molecule has 3 aromatic rings. The molecule has 0 saturated carbocycles. The molecule has 1 aromatic heterocycles. The minimum atomic E-state index is -0.688. The highest BCUT2D eigenvalue weighted by Crippen LogP contribution is 2.32. The highest BCUT2D eigenvalue weighted by molar-refractivity contribution is 5.99.